The van der Waals surface area contributed by atoms with Crippen LogP contribution in [0.1, 0.15) is 25.8 Å². The van der Waals surface area contributed by atoms with Crippen LogP contribution in [0.4, 0.5) is 5.69 Å². The molecular weight excluding hydrogens is 284 g/mol. The third kappa shape index (κ3) is 3.85. The van der Waals surface area contributed by atoms with Crippen molar-refractivity contribution in [3.05, 3.63) is 72.7 Å². The molecule has 118 valence electrons. The third-order valence-electron chi connectivity index (χ3n) is 3.74. The maximum Gasteiger partial charge on any atom is 0.115 e. The first-order valence-corrected chi connectivity index (χ1v) is 7.93. The van der Waals surface area contributed by atoms with Gasteiger partial charge in [-0.05, 0) is 37.6 Å². The Morgan fingerprint density at radius 3 is 2.48 bits per heavy atom. The number of rotatable bonds is 5. The number of benzene rings is 1. The summed E-state index contributed by atoms with van der Waals surface area (Å²) in [5.74, 6) is 0. The highest BCUT2D eigenvalue weighted by molar-refractivity contribution is 6.02. The number of aromatic nitrogens is 1. The number of hydrogen-bond donors (Lipinski definition) is 2. The average Bonchev–Trinajstić information content (AvgIpc) is 2.56. The van der Waals surface area contributed by atoms with Gasteiger partial charge in [0.15, 0.2) is 0 Å². The molecule has 0 aliphatic carbocycles. The van der Waals surface area contributed by atoms with Gasteiger partial charge in [-0.15, -0.1) is 0 Å². The smallest absolute Gasteiger partial charge is 0.115 e. The molecule has 4 heteroatoms. The number of nitrogens with zero attached hydrogens (tertiary/aromatic N) is 2. The highest BCUT2D eigenvalue weighted by atomic mass is 15.2. The lowest BCUT2D eigenvalue weighted by atomic mass is 9.94. The van der Waals surface area contributed by atoms with E-state index in [1.165, 1.54) is 0 Å². The summed E-state index contributed by atoms with van der Waals surface area (Å²) in [6, 6.07) is 14.6. The third-order valence-corrected chi connectivity index (χ3v) is 3.74. The van der Waals surface area contributed by atoms with Crippen molar-refractivity contribution < 1.29 is 0 Å². The summed E-state index contributed by atoms with van der Waals surface area (Å²) < 4.78 is 0. The molecule has 0 fully saturated rings. The van der Waals surface area contributed by atoms with Gasteiger partial charge in [-0.3, -0.25) is 15.3 Å². The van der Waals surface area contributed by atoms with Gasteiger partial charge in [0.05, 0.1) is 5.71 Å². The molecule has 1 aliphatic rings. The van der Waals surface area contributed by atoms with E-state index in [0.717, 1.165) is 23.4 Å². The van der Waals surface area contributed by atoms with Crippen LogP contribution in [0.25, 0.3) is 0 Å². The molecule has 1 aromatic heterocycles. The lowest BCUT2D eigenvalue weighted by Crippen LogP contribution is -2.55. The Balaban J connectivity index is 1.88. The maximum absolute atomic E-state index is 4.59. The summed E-state index contributed by atoms with van der Waals surface area (Å²) in [6.45, 7) is 4.30. The number of pyridine rings is 1. The number of anilines is 1. The topological polar surface area (TPSA) is 49.3 Å². The predicted octanol–water partition coefficient (Wildman–Crippen LogP) is 3.59. The minimum absolute atomic E-state index is 0.337. The molecule has 1 atom stereocenters. The standard InChI is InChI=1S/C19H22N4/c1-15(2)22-19(23-17-8-11-20-12-9-17)10-13-21-18(14-19)16-6-4-3-5-7-16/h3-13,15,22H,14H2,1-2H3,(H,20,23). The van der Waals surface area contributed by atoms with E-state index in [4.69, 9.17) is 0 Å². The fraction of sp³-hybridized carbons (Fsp3) is 0.263. The van der Waals surface area contributed by atoms with Gasteiger partial charge in [0.1, 0.15) is 5.66 Å². The molecule has 23 heavy (non-hydrogen) atoms. The number of hydrogen-bond acceptors (Lipinski definition) is 4. The van der Waals surface area contributed by atoms with E-state index >= 15 is 0 Å². The second-order valence-electron chi connectivity index (χ2n) is 6.07. The van der Waals surface area contributed by atoms with Crippen molar-refractivity contribution in [2.24, 2.45) is 4.99 Å². The Hall–Kier alpha value is -2.46. The van der Waals surface area contributed by atoms with Crippen LogP contribution < -0.4 is 10.6 Å². The molecule has 0 radical (unpaired) electrons. The molecule has 2 N–H and O–H groups in total. The molecule has 2 heterocycles. The average molecular weight is 306 g/mol. The molecule has 1 aliphatic heterocycles. The molecule has 0 amide bonds. The van der Waals surface area contributed by atoms with Crippen molar-refractivity contribution in [3.63, 3.8) is 0 Å². The van der Waals surface area contributed by atoms with E-state index in [1.54, 1.807) is 12.4 Å². The lowest BCUT2D eigenvalue weighted by Gasteiger charge is -2.37. The Kier molecular flexibility index (Phi) is 4.53. The lowest BCUT2D eigenvalue weighted by molar-refractivity contribution is 0.416. The van der Waals surface area contributed by atoms with Gasteiger partial charge < -0.3 is 5.32 Å². The fourth-order valence-corrected chi connectivity index (χ4v) is 2.86. The van der Waals surface area contributed by atoms with E-state index in [1.807, 2.05) is 36.5 Å². The zero-order chi connectivity index (χ0) is 16.1. The summed E-state index contributed by atoms with van der Waals surface area (Å²) in [5, 5.41) is 7.25. The van der Waals surface area contributed by atoms with Gasteiger partial charge in [-0.2, -0.15) is 0 Å². The Morgan fingerprint density at radius 1 is 1.04 bits per heavy atom. The predicted molar refractivity (Wildman–Crippen MR) is 95.6 cm³/mol. The van der Waals surface area contributed by atoms with Crippen molar-refractivity contribution >= 4 is 11.4 Å². The summed E-state index contributed by atoms with van der Waals surface area (Å²) in [5.41, 5.74) is 2.90. The van der Waals surface area contributed by atoms with Crippen LogP contribution in [-0.4, -0.2) is 22.4 Å². The normalized spacial score (nSPS) is 20.4. The SMILES string of the molecule is CC(C)NC1(Nc2ccncc2)C=CN=C(c2ccccc2)C1. The van der Waals surface area contributed by atoms with E-state index in [0.29, 0.717) is 6.04 Å². The summed E-state index contributed by atoms with van der Waals surface area (Å²) in [6.07, 6.45) is 8.34. The van der Waals surface area contributed by atoms with E-state index in [2.05, 4.69) is 52.7 Å². The van der Waals surface area contributed by atoms with Crippen LogP contribution in [0.2, 0.25) is 0 Å². The molecule has 4 nitrogen and oxygen atoms in total. The molecule has 0 saturated carbocycles. The quantitative estimate of drug-likeness (QED) is 0.830. The molecule has 1 aromatic carbocycles. The van der Waals surface area contributed by atoms with Gasteiger partial charge in [-0.1, -0.05) is 30.3 Å². The number of aliphatic imine (C=N–C) groups is 1. The minimum Gasteiger partial charge on any atom is -0.364 e. The first kappa shape index (κ1) is 15.4. The van der Waals surface area contributed by atoms with E-state index in [-0.39, 0.29) is 5.66 Å². The van der Waals surface area contributed by atoms with Crippen LogP contribution in [0.5, 0.6) is 0 Å². The van der Waals surface area contributed by atoms with Crippen molar-refractivity contribution in [2.45, 2.75) is 32.0 Å². The van der Waals surface area contributed by atoms with Crippen molar-refractivity contribution in [2.75, 3.05) is 5.32 Å². The van der Waals surface area contributed by atoms with Gasteiger partial charge in [0.2, 0.25) is 0 Å². The van der Waals surface area contributed by atoms with Gasteiger partial charge in [-0.25, -0.2) is 0 Å². The van der Waals surface area contributed by atoms with Crippen LogP contribution in [0.3, 0.4) is 0 Å². The van der Waals surface area contributed by atoms with Crippen molar-refractivity contribution in [3.8, 4) is 0 Å². The maximum atomic E-state index is 4.59. The van der Waals surface area contributed by atoms with Crippen molar-refractivity contribution in [1.82, 2.24) is 10.3 Å². The van der Waals surface area contributed by atoms with Crippen LogP contribution in [-0.2, 0) is 0 Å². The summed E-state index contributed by atoms with van der Waals surface area (Å²) >= 11 is 0. The highest BCUT2D eigenvalue weighted by Crippen LogP contribution is 2.24. The first-order valence-electron chi connectivity index (χ1n) is 7.93. The second-order valence-corrected chi connectivity index (χ2v) is 6.07. The molecule has 0 saturated heterocycles. The second kappa shape index (κ2) is 6.75. The minimum atomic E-state index is -0.359. The molecular formula is C19H22N4. The fourth-order valence-electron chi connectivity index (χ4n) is 2.86. The molecule has 0 spiro atoms. The van der Waals surface area contributed by atoms with Crippen LogP contribution in [0.15, 0.2) is 72.1 Å². The van der Waals surface area contributed by atoms with E-state index < -0.39 is 0 Å². The summed E-state index contributed by atoms with van der Waals surface area (Å²) in [4.78, 5) is 8.67. The van der Waals surface area contributed by atoms with Gasteiger partial charge in [0.25, 0.3) is 0 Å². The first-order chi connectivity index (χ1) is 11.2. The molecule has 2 aromatic rings. The van der Waals surface area contributed by atoms with Crippen LogP contribution >= 0.6 is 0 Å². The zero-order valence-electron chi connectivity index (χ0n) is 13.5. The Labute approximate surface area is 137 Å². The van der Waals surface area contributed by atoms with Crippen molar-refractivity contribution in [1.29, 1.82) is 0 Å². The van der Waals surface area contributed by atoms with E-state index in [9.17, 15) is 0 Å². The molecule has 3 rings (SSSR count). The monoisotopic (exact) mass is 306 g/mol. The summed E-state index contributed by atoms with van der Waals surface area (Å²) in [7, 11) is 0. The van der Waals surface area contributed by atoms with Crippen LogP contribution in [0, 0.1) is 0 Å². The molecule has 0 bridgehead atoms. The Bertz CT molecular complexity index is 692. The number of nitrogens with one attached hydrogen (secondary N) is 2. The highest BCUT2D eigenvalue weighted by Gasteiger charge is 2.31. The Morgan fingerprint density at radius 2 is 1.78 bits per heavy atom. The largest absolute Gasteiger partial charge is 0.364 e. The molecule has 1 unspecified atom stereocenters. The zero-order valence-corrected chi connectivity index (χ0v) is 13.5. The van der Waals surface area contributed by atoms with Gasteiger partial charge in [0, 0.05) is 36.7 Å². The van der Waals surface area contributed by atoms with Gasteiger partial charge >= 0.3 is 0 Å².